The molecule has 1 aliphatic heterocycles. The van der Waals surface area contributed by atoms with Gasteiger partial charge in [0, 0.05) is 42.5 Å². The number of H-pyrrole nitrogens is 1. The molecule has 7 heteroatoms. The van der Waals surface area contributed by atoms with Gasteiger partial charge in [0.1, 0.15) is 5.76 Å². The van der Waals surface area contributed by atoms with Crippen molar-refractivity contribution in [3.8, 4) is 11.3 Å². The Balaban J connectivity index is 0.00000210. The molecule has 0 bridgehead atoms. The molecule has 4 rings (SSSR count). The van der Waals surface area contributed by atoms with Crippen molar-refractivity contribution in [1.29, 1.82) is 0 Å². The Kier molecular flexibility index (Phi) is 6.26. The van der Waals surface area contributed by atoms with Crippen molar-refractivity contribution in [2.75, 3.05) is 31.1 Å². The largest absolute Gasteiger partial charge is 0.417 e. The van der Waals surface area contributed by atoms with E-state index in [-0.39, 0.29) is 12.4 Å². The minimum absolute atomic E-state index is 0. The average molecular weight is 406 g/mol. The van der Waals surface area contributed by atoms with Crippen molar-refractivity contribution in [1.82, 2.24) is 9.88 Å². The van der Waals surface area contributed by atoms with E-state index in [9.17, 15) is 4.79 Å². The first-order valence-electron chi connectivity index (χ1n) is 8.69. The molecular formula is C20H21Cl2N3O2. The fourth-order valence-corrected chi connectivity index (χ4v) is 3.45. The zero-order chi connectivity index (χ0) is 17.9. The summed E-state index contributed by atoms with van der Waals surface area (Å²) in [6, 6.07) is 17.8. The molecule has 0 radical (unpaired) electrons. The van der Waals surface area contributed by atoms with E-state index in [0.29, 0.717) is 17.3 Å². The molecule has 1 saturated heterocycles. The number of nitrogens with one attached hydrogen (secondary N) is 1. The molecule has 0 amide bonds. The molecule has 2 heterocycles. The fraction of sp³-hybridized carbons (Fsp3) is 0.250. The van der Waals surface area contributed by atoms with Crippen molar-refractivity contribution >= 4 is 29.7 Å². The fourth-order valence-electron chi connectivity index (χ4n) is 3.33. The normalized spacial score (nSPS) is 14.8. The lowest BCUT2D eigenvalue weighted by atomic mass is 10.1. The van der Waals surface area contributed by atoms with E-state index < -0.39 is 5.76 Å². The third-order valence-corrected chi connectivity index (χ3v) is 4.97. The third kappa shape index (κ3) is 4.56. The highest BCUT2D eigenvalue weighted by molar-refractivity contribution is 6.30. The molecule has 1 fully saturated rings. The number of aromatic nitrogens is 1. The summed E-state index contributed by atoms with van der Waals surface area (Å²) in [5.41, 5.74) is 2.89. The molecule has 1 aliphatic rings. The number of hydrogen-bond acceptors (Lipinski definition) is 4. The van der Waals surface area contributed by atoms with Crippen LogP contribution in [0, 0.1) is 0 Å². The lowest BCUT2D eigenvalue weighted by Crippen LogP contribution is -2.45. The molecule has 0 unspecified atom stereocenters. The molecule has 1 N–H and O–H groups in total. The van der Waals surface area contributed by atoms with Crippen LogP contribution in [-0.4, -0.2) is 36.1 Å². The minimum Gasteiger partial charge on any atom is -0.411 e. The van der Waals surface area contributed by atoms with Gasteiger partial charge in [0.2, 0.25) is 0 Å². The molecule has 0 spiro atoms. The van der Waals surface area contributed by atoms with Crippen LogP contribution in [-0.2, 0) is 6.54 Å². The first kappa shape index (κ1) is 19.5. The van der Waals surface area contributed by atoms with Crippen LogP contribution in [0.5, 0.6) is 0 Å². The second kappa shape index (κ2) is 8.65. The second-order valence-electron chi connectivity index (χ2n) is 6.42. The Morgan fingerprint density at radius 3 is 2.30 bits per heavy atom. The van der Waals surface area contributed by atoms with Crippen LogP contribution in [0.2, 0.25) is 5.02 Å². The van der Waals surface area contributed by atoms with Crippen molar-refractivity contribution in [2.24, 2.45) is 0 Å². The quantitative estimate of drug-likeness (QED) is 0.711. The minimum atomic E-state index is -0.423. The first-order valence-corrected chi connectivity index (χ1v) is 9.07. The maximum Gasteiger partial charge on any atom is 0.417 e. The third-order valence-electron chi connectivity index (χ3n) is 4.72. The van der Waals surface area contributed by atoms with Gasteiger partial charge in [0.05, 0.1) is 12.2 Å². The van der Waals surface area contributed by atoms with E-state index >= 15 is 0 Å². The monoisotopic (exact) mass is 405 g/mol. The highest BCUT2D eigenvalue weighted by Crippen LogP contribution is 2.24. The molecule has 3 aromatic rings. The molecular weight excluding hydrogens is 385 g/mol. The number of rotatable bonds is 4. The van der Waals surface area contributed by atoms with E-state index in [1.807, 2.05) is 30.3 Å². The van der Waals surface area contributed by atoms with Gasteiger partial charge in [-0.15, -0.1) is 12.4 Å². The summed E-state index contributed by atoms with van der Waals surface area (Å²) < 4.78 is 5.41. The van der Waals surface area contributed by atoms with Crippen LogP contribution in [0.4, 0.5) is 5.69 Å². The predicted octanol–water partition coefficient (Wildman–Crippen LogP) is 4.03. The van der Waals surface area contributed by atoms with Crippen LogP contribution in [0.25, 0.3) is 11.3 Å². The van der Waals surface area contributed by atoms with E-state index in [2.05, 4.69) is 39.0 Å². The van der Waals surface area contributed by atoms with Crippen molar-refractivity contribution in [3.63, 3.8) is 0 Å². The Hall–Kier alpha value is -2.21. The second-order valence-corrected chi connectivity index (χ2v) is 6.85. The first-order chi connectivity index (χ1) is 12.7. The van der Waals surface area contributed by atoms with Crippen LogP contribution < -0.4 is 10.7 Å². The van der Waals surface area contributed by atoms with Gasteiger partial charge in [-0.05, 0) is 24.3 Å². The summed E-state index contributed by atoms with van der Waals surface area (Å²) in [6.45, 7) is 4.36. The number of aromatic amines is 1. The summed E-state index contributed by atoms with van der Waals surface area (Å²) in [4.78, 5) is 19.2. The standard InChI is InChI=1S/C20H20ClN3O2.ClH/c21-16-8-6-15(7-9-16)19-18(26-20(25)22-19)14-23-10-12-24(13-11-23)17-4-2-1-3-5-17;/h1-9H,10-14H2,(H,22,25);1H. The lowest BCUT2D eigenvalue weighted by molar-refractivity contribution is 0.229. The number of benzene rings is 2. The highest BCUT2D eigenvalue weighted by atomic mass is 35.5. The van der Waals surface area contributed by atoms with Gasteiger partial charge in [-0.3, -0.25) is 9.88 Å². The summed E-state index contributed by atoms with van der Waals surface area (Å²) in [5.74, 6) is 0.248. The number of nitrogens with zero attached hydrogens (tertiary/aromatic N) is 2. The van der Waals surface area contributed by atoms with Crippen LogP contribution in [0.3, 0.4) is 0 Å². The molecule has 1 aromatic heterocycles. The van der Waals surface area contributed by atoms with Gasteiger partial charge in [-0.25, -0.2) is 4.79 Å². The molecule has 2 aromatic carbocycles. The summed E-state index contributed by atoms with van der Waals surface area (Å²) in [6.07, 6.45) is 0. The topological polar surface area (TPSA) is 52.5 Å². The smallest absolute Gasteiger partial charge is 0.411 e. The Morgan fingerprint density at radius 2 is 1.63 bits per heavy atom. The van der Waals surface area contributed by atoms with Crippen LogP contribution >= 0.6 is 24.0 Å². The number of para-hydroxylation sites is 1. The Morgan fingerprint density at radius 1 is 0.963 bits per heavy atom. The van der Waals surface area contributed by atoms with E-state index in [0.717, 1.165) is 37.4 Å². The zero-order valence-electron chi connectivity index (χ0n) is 14.7. The SMILES string of the molecule is Cl.O=c1[nH]c(-c2ccc(Cl)cc2)c(CN2CCN(c3ccccc3)CC2)o1. The lowest BCUT2D eigenvalue weighted by Gasteiger charge is -2.35. The molecule has 0 saturated carbocycles. The highest BCUT2D eigenvalue weighted by Gasteiger charge is 2.21. The Labute approximate surface area is 169 Å². The van der Waals surface area contributed by atoms with Crippen molar-refractivity contribution in [3.05, 3.63) is 75.9 Å². The maximum atomic E-state index is 11.8. The number of hydrogen-bond donors (Lipinski definition) is 1. The molecule has 0 aliphatic carbocycles. The van der Waals surface area contributed by atoms with E-state index in [1.165, 1.54) is 5.69 Å². The summed E-state index contributed by atoms with van der Waals surface area (Å²) in [5, 5.41) is 0.665. The van der Waals surface area contributed by atoms with Crippen molar-refractivity contribution < 1.29 is 4.42 Å². The molecule has 5 nitrogen and oxygen atoms in total. The number of anilines is 1. The Bertz CT molecular complexity index is 914. The summed E-state index contributed by atoms with van der Waals surface area (Å²) in [7, 11) is 0. The van der Waals surface area contributed by atoms with E-state index in [1.54, 1.807) is 0 Å². The van der Waals surface area contributed by atoms with Gasteiger partial charge in [0.15, 0.2) is 0 Å². The molecule has 0 atom stereocenters. The maximum absolute atomic E-state index is 11.8. The predicted molar refractivity (Wildman–Crippen MR) is 111 cm³/mol. The molecule has 142 valence electrons. The number of piperazine rings is 1. The van der Waals surface area contributed by atoms with Crippen LogP contribution in [0.15, 0.2) is 63.8 Å². The van der Waals surface area contributed by atoms with Gasteiger partial charge >= 0.3 is 5.76 Å². The zero-order valence-corrected chi connectivity index (χ0v) is 16.3. The van der Waals surface area contributed by atoms with Gasteiger partial charge in [0.25, 0.3) is 0 Å². The average Bonchev–Trinajstić information content (AvgIpc) is 3.04. The van der Waals surface area contributed by atoms with Crippen molar-refractivity contribution in [2.45, 2.75) is 6.54 Å². The van der Waals surface area contributed by atoms with Gasteiger partial charge in [-0.2, -0.15) is 0 Å². The summed E-state index contributed by atoms with van der Waals surface area (Å²) >= 11 is 5.96. The van der Waals surface area contributed by atoms with Gasteiger partial charge < -0.3 is 9.32 Å². The van der Waals surface area contributed by atoms with Gasteiger partial charge in [-0.1, -0.05) is 41.9 Å². The van der Waals surface area contributed by atoms with E-state index in [4.69, 9.17) is 16.0 Å². The number of oxazole rings is 1. The van der Waals surface area contributed by atoms with Crippen LogP contribution in [0.1, 0.15) is 5.76 Å². The molecule has 27 heavy (non-hydrogen) atoms. The number of halogens is 2.